The summed E-state index contributed by atoms with van der Waals surface area (Å²) in [4.78, 5) is 0. The molecule has 148 valence electrons. The van der Waals surface area contributed by atoms with Crippen LogP contribution in [0.5, 0.6) is 0 Å². The van der Waals surface area contributed by atoms with Crippen LogP contribution in [0.2, 0.25) is 0 Å². The second kappa shape index (κ2) is 7.78. The van der Waals surface area contributed by atoms with Gasteiger partial charge in [0, 0.05) is 19.4 Å². The molecule has 3 aliphatic heterocycles. The second-order valence-electron chi connectivity index (χ2n) is 8.51. The summed E-state index contributed by atoms with van der Waals surface area (Å²) in [5.41, 5.74) is 1.36. The molecule has 0 aromatic rings. The summed E-state index contributed by atoms with van der Waals surface area (Å²) in [5, 5.41) is 7.29. The van der Waals surface area contributed by atoms with E-state index in [1.54, 1.807) is 0 Å². The molecule has 6 nitrogen and oxygen atoms in total. The van der Waals surface area contributed by atoms with E-state index in [1.165, 1.54) is 11.8 Å². The van der Waals surface area contributed by atoms with E-state index in [0.29, 0.717) is 18.0 Å². The van der Waals surface area contributed by atoms with Crippen LogP contribution in [0.25, 0.3) is 0 Å². The Bertz CT molecular complexity index is 621. The van der Waals surface area contributed by atoms with E-state index in [-0.39, 0.29) is 17.4 Å². The average molecular weight is 385 g/mol. The molecule has 3 fully saturated rings. The number of hydrogen-bond acceptors (Lipinski definition) is 6. The summed E-state index contributed by atoms with van der Waals surface area (Å²) >= 11 is 0. The van der Waals surface area contributed by atoms with Crippen molar-refractivity contribution in [3.8, 4) is 0 Å². The molecule has 4 unspecified atom stereocenters. The quantitative estimate of drug-likeness (QED) is 0.749. The zero-order valence-electron chi connectivity index (χ0n) is 15.7. The fraction of sp³-hybridized carbons (Fsp3) is 0.895. The Balaban J connectivity index is 1.31. The highest BCUT2D eigenvalue weighted by Gasteiger charge is 2.41. The van der Waals surface area contributed by atoms with Crippen molar-refractivity contribution in [2.75, 3.05) is 26.0 Å². The summed E-state index contributed by atoms with van der Waals surface area (Å²) in [6.07, 6.45) is 10.7. The predicted octanol–water partition coefficient (Wildman–Crippen LogP) is 1.58. The van der Waals surface area contributed by atoms with E-state index in [4.69, 9.17) is 9.47 Å². The van der Waals surface area contributed by atoms with Crippen LogP contribution in [0.15, 0.2) is 11.8 Å². The van der Waals surface area contributed by atoms with Gasteiger partial charge in [-0.15, -0.1) is 0 Å². The topological polar surface area (TPSA) is 76.7 Å². The van der Waals surface area contributed by atoms with Crippen molar-refractivity contribution in [3.05, 3.63) is 11.8 Å². The van der Waals surface area contributed by atoms with Gasteiger partial charge >= 0.3 is 0 Å². The number of fused-ring (bicyclic) bond motifs is 1. The fourth-order valence-electron chi connectivity index (χ4n) is 4.99. The van der Waals surface area contributed by atoms with E-state index in [0.717, 1.165) is 64.7 Å². The maximum absolute atomic E-state index is 11.8. The largest absolute Gasteiger partial charge is 0.496 e. The van der Waals surface area contributed by atoms with Crippen molar-refractivity contribution in [1.82, 2.24) is 10.6 Å². The van der Waals surface area contributed by atoms with Crippen LogP contribution < -0.4 is 10.6 Å². The van der Waals surface area contributed by atoms with Crippen molar-refractivity contribution in [3.63, 3.8) is 0 Å². The van der Waals surface area contributed by atoms with Crippen LogP contribution in [-0.4, -0.2) is 58.0 Å². The molecule has 0 aromatic carbocycles. The summed E-state index contributed by atoms with van der Waals surface area (Å²) in [6.45, 7) is 2.78. The number of nitrogens with one attached hydrogen (secondary N) is 2. The first-order chi connectivity index (χ1) is 12.5. The van der Waals surface area contributed by atoms with E-state index in [2.05, 4.69) is 10.6 Å². The molecule has 3 heterocycles. The van der Waals surface area contributed by atoms with E-state index in [9.17, 15) is 8.42 Å². The van der Waals surface area contributed by atoms with Gasteiger partial charge in [0.05, 0.1) is 30.3 Å². The third-order valence-electron chi connectivity index (χ3n) is 6.66. The number of sulfone groups is 1. The fourth-order valence-corrected chi connectivity index (χ4v) is 6.12. The summed E-state index contributed by atoms with van der Waals surface area (Å²) in [6, 6.07) is 0.279. The highest BCUT2D eigenvalue weighted by atomic mass is 32.2. The zero-order chi connectivity index (χ0) is 18.1. The molecule has 4 rings (SSSR count). The minimum atomic E-state index is -2.91. The molecule has 0 spiro atoms. The molecular formula is C19H32N2O4S. The molecule has 0 radical (unpaired) electrons. The lowest BCUT2D eigenvalue weighted by Crippen LogP contribution is -2.56. The summed E-state index contributed by atoms with van der Waals surface area (Å²) in [7, 11) is -2.91. The zero-order valence-corrected chi connectivity index (χ0v) is 16.5. The minimum absolute atomic E-state index is 0.153. The van der Waals surface area contributed by atoms with Gasteiger partial charge in [0.2, 0.25) is 0 Å². The number of hydrogen-bond donors (Lipinski definition) is 2. The standard InChI is InChI=1S/C19H32N2O4S/c1-26(22,23)15-4-2-14(3-5-15)16-12-25-17-6-7-18(21-19(16)17)20-10-13-8-9-24-11-13/h12-15,17-21H,2-11H2,1H3. The lowest BCUT2D eigenvalue weighted by Gasteiger charge is -2.37. The first kappa shape index (κ1) is 18.7. The molecule has 2 saturated heterocycles. The highest BCUT2D eigenvalue weighted by molar-refractivity contribution is 7.91. The molecule has 26 heavy (non-hydrogen) atoms. The van der Waals surface area contributed by atoms with Crippen molar-refractivity contribution >= 4 is 9.84 Å². The first-order valence-electron chi connectivity index (χ1n) is 10.1. The van der Waals surface area contributed by atoms with Crippen LogP contribution in [0, 0.1) is 11.8 Å². The van der Waals surface area contributed by atoms with Crippen molar-refractivity contribution in [2.24, 2.45) is 11.8 Å². The van der Waals surface area contributed by atoms with Crippen LogP contribution in [0.3, 0.4) is 0 Å². The Morgan fingerprint density at radius 1 is 1.15 bits per heavy atom. The van der Waals surface area contributed by atoms with Gasteiger partial charge in [-0.1, -0.05) is 0 Å². The number of ether oxygens (including phenoxy) is 2. The normalized spacial score (nSPS) is 40.7. The Labute approximate surface area is 157 Å². The monoisotopic (exact) mass is 384 g/mol. The van der Waals surface area contributed by atoms with Crippen LogP contribution in [0.4, 0.5) is 0 Å². The molecule has 0 bridgehead atoms. The predicted molar refractivity (Wildman–Crippen MR) is 100 cm³/mol. The molecular weight excluding hydrogens is 352 g/mol. The Morgan fingerprint density at radius 2 is 1.96 bits per heavy atom. The van der Waals surface area contributed by atoms with Crippen molar-refractivity contribution < 1.29 is 17.9 Å². The lowest BCUT2D eigenvalue weighted by atomic mass is 9.79. The maximum atomic E-state index is 11.8. The smallest absolute Gasteiger partial charge is 0.150 e. The van der Waals surface area contributed by atoms with Gasteiger partial charge in [-0.3, -0.25) is 5.32 Å². The summed E-state index contributed by atoms with van der Waals surface area (Å²) in [5.74, 6) is 1.09. The third kappa shape index (κ3) is 4.11. The maximum Gasteiger partial charge on any atom is 0.150 e. The van der Waals surface area contributed by atoms with Gasteiger partial charge in [-0.25, -0.2) is 8.42 Å². The van der Waals surface area contributed by atoms with Crippen LogP contribution >= 0.6 is 0 Å². The van der Waals surface area contributed by atoms with Gasteiger partial charge in [-0.05, 0) is 62.4 Å². The highest BCUT2D eigenvalue weighted by Crippen LogP contribution is 2.39. The second-order valence-corrected chi connectivity index (χ2v) is 10.8. The third-order valence-corrected chi connectivity index (χ3v) is 8.34. The van der Waals surface area contributed by atoms with Crippen molar-refractivity contribution in [1.29, 1.82) is 0 Å². The lowest BCUT2D eigenvalue weighted by molar-refractivity contribution is 0.0935. The molecule has 4 atom stereocenters. The van der Waals surface area contributed by atoms with E-state index >= 15 is 0 Å². The average Bonchev–Trinajstić information content (AvgIpc) is 3.28. The van der Waals surface area contributed by atoms with E-state index in [1.807, 2.05) is 6.26 Å². The molecule has 4 aliphatic rings. The summed E-state index contributed by atoms with van der Waals surface area (Å²) < 4.78 is 35.0. The first-order valence-corrected chi connectivity index (χ1v) is 12.1. The number of piperidine rings is 1. The van der Waals surface area contributed by atoms with Gasteiger partial charge < -0.3 is 14.8 Å². The molecule has 1 saturated carbocycles. The minimum Gasteiger partial charge on any atom is -0.496 e. The van der Waals surface area contributed by atoms with Crippen molar-refractivity contribution in [2.45, 2.75) is 68.5 Å². The van der Waals surface area contributed by atoms with Crippen LogP contribution in [0.1, 0.15) is 44.9 Å². The number of rotatable bonds is 5. The van der Waals surface area contributed by atoms with Gasteiger partial charge in [-0.2, -0.15) is 0 Å². The molecule has 0 aromatic heterocycles. The molecule has 0 amide bonds. The van der Waals surface area contributed by atoms with E-state index < -0.39 is 9.84 Å². The van der Waals surface area contributed by atoms with Gasteiger partial charge in [0.15, 0.2) is 0 Å². The van der Waals surface area contributed by atoms with Crippen LogP contribution in [-0.2, 0) is 19.3 Å². The molecule has 2 N–H and O–H groups in total. The van der Waals surface area contributed by atoms with Gasteiger partial charge in [0.25, 0.3) is 0 Å². The van der Waals surface area contributed by atoms with Gasteiger partial charge in [0.1, 0.15) is 15.9 Å². The Morgan fingerprint density at radius 3 is 2.65 bits per heavy atom. The molecule has 1 aliphatic carbocycles. The SMILES string of the molecule is CS(=O)(=O)C1CCC(C2=COC3CCC(NCC4CCOC4)NC23)CC1. The Hall–Kier alpha value is -0.630. The molecule has 7 heteroatoms. The Kier molecular flexibility index (Phi) is 5.60.